The van der Waals surface area contributed by atoms with Crippen molar-refractivity contribution in [2.75, 3.05) is 5.73 Å². The zero-order valence-corrected chi connectivity index (χ0v) is 8.93. The number of hydrogen-bond acceptors (Lipinski definition) is 1. The standard InChI is InChI=1S/C12H8ClF2N/c13-9-4-2-1-3-7(9)8-5-6-10(16)12(15)11(8)14/h1-6H,16H2. The van der Waals surface area contributed by atoms with Gasteiger partial charge in [-0.05, 0) is 18.2 Å². The van der Waals surface area contributed by atoms with Gasteiger partial charge in [-0.25, -0.2) is 8.78 Å². The van der Waals surface area contributed by atoms with E-state index in [1.807, 2.05) is 0 Å². The van der Waals surface area contributed by atoms with Gasteiger partial charge in [-0.3, -0.25) is 0 Å². The lowest BCUT2D eigenvalue weighted by atomic mass is 10.0. The molecule has 82 valence electrons. The van der Waals surface area contributed by atoms with Crippen LogP contribution >= 0.6 is 11.6 Å². The van der Waals surface area contributed by atoms with Gasteiger partial charge in [0.05, 0.1) is 5.69 Å². The molecule has 0 aliphatic carbocycles. The molecule has 0 bridgehead atoms. The highest BCUT2D eigenvalue weighted by Gasteiger charge is 2.14. The summed E-state index contributed by atoms with van der Waals surface area (Å²) in [6.45, 7) is 0. The van der Waals surface area contributed by atoms with E-state index in [4.69, 9.17) is 17.3 Å². The summed E-state index contributed by atoms with van der Waals surface area (Å²) in [5.74, 6) is -2.02. The van der Waals surface area contributed by atoms with Gasteiger partial charge in [0, 0.05) is 16.1 Å². The van der Waals surface area contributed by atoms with Crippen LogP contribution in [0.15, 0.2) is 36.4 Å². The van der Waals surface area contributed by atoms with Crippen LogP contribution in [0.25, 0.3) is 11.1 Å². The van der Waals surface area contributed by atoms with E-state index in [0.717, 1.165) is 0 Å². The first-order valence-corrected chi connectivity index (χ1v) is 4.97. The highest BCUT2D eigenvalue weighted by atomic mass is 35.5. The minimum Gasteiger partial charge on any atom is -0.396 e. The Morgan fingerprint density at radius 1 is 0.875 bits per heavy atom. The average molecular weight is 240 g/mol. The molecule has 0 radical (unpaired) electrons. The fourth-order valence-electron chi connectivity index (χ4n) is 1.45. The minimum absolute atomic E-state index is 0.109. The van der Waals surface area contributed by atoms with E-state index in [2.05, 4.69) is 0 Å². The first kappa shape index (κ1) is 10.9. The molecule has 4 heteroatoms. The van der Waals surface area contributed by atoms with E-state index in [9.17, 15) is 8.78 Å². The SMILES string of the molecule is Nc1ccc(-c2ccccc2Cl)c(F)c1F. The second kappa shape index (κ2) is 4.10. The van der Waals surface area contributed by atoms with Crippen molar-refractivity contribution in [3.63, 3.8) is 0 Å². The lowest BCUT2D eigenvalue weighted by Gasteiger charge is -2.07. The second-order valence-corrected chi connectivity index (χ2v) is 3.72. The van der Waals surface area contributed by atoms with Gasteiger partial charge in [-0.2, -0.15) is 0 Å². The molecule has 2 aromatic rings. The van der Waals surface area contributed by atoms with E-state index in [1.54, 1.807) is 24.3 Å². The third kappa shape index (κ3) is 1.74. The van der Waals surface area contributed by atoms with Crippen LogP contribution in [0.4, 0.5) is 14.5 Å². The normalized spacial score (nSPS) is 10.4. The molecule has 0 saturated carbocycles. The third-order valence-electron chi connectivity index (χ3n) is 2.28. The van der Waals surface area contributed by atoms with Gasteiger partial charge in [-0.1, -0.05) is 29.8 Å². The number of nitrogen functional groups attached to an aromatic ring is 1. The Balaban J connectivity index is 2.66. The molecule has 0 aliphatic rings. The molecule has 0 atom stereocenters. The lowest BCUT2D eigenvalue weighted by molar-refractivity contribution is 0.514. The Morgan fingerprint density at radius 3 is 2.25 bits per heavy atom. The zero-order chi connectivity index (χ0) is 11.7. The molecule has 16 heavy (non-hydrogen) atoms. The fourth-order valence-corrected chi connectivity index (χ4v) is 1.69. The second-order valence-electron chi connectivity index (χ2n) is 3.31. The highest BCUT2D eigenvalue weighted by molar-refractivity contribution is 6.33. The van der Waals surface area contributed by atoms with Crippen molar-refractivity contribution in [3.05, 3.63) is 53.1 Å². The van der Waals surface area contributed by atoms with Gasteiger partial charge in [0.15, 0.2) is 11.6 Å². The molecule has 0 aliphatic heterocycles. The van der Waals surface area contributed by atoms with Gasteiger partial charge >= 0.3 is 0 Å². The van der Waals surface area contributed by atoms with E-state index in [0.29, 0.717) is 10.6 Å². The molecule has 0 unspecified atom stereocenters. The van der Waals surface area contributed by atoms with Crippen molar-refractivity contribution in [1.29, 1.82) is 0 Å². The molecule has 0 spiro atoms. The number of hydrogen-bond donors (Lipinski definition) is 1. The van der Waals surface area contributed by atoms with E-state index in [-0.39, 0.29) is 11.3 Å². The average Bonchev–Trinajstić information content (AvgIpc) is 2.28. The van der Waals surface area contributed by atoms with Gasteiger partial charge in [0.1, 0.15) is 0 Å². The van der Waals surface area contributed by atoms with Crippen molar-refractivity contribution in [2.45, 2.75) is 0 Å². The maximum absolute atomic E-state index is 13.6. The predicted molar refractivity (Wildman–Crippen MR) is 61.2 cm³/mol. The number of rotatable bonds is 1. The van der Waals surface area contributed by atoms with Crippen LogP contribution in [0, 0.1) is 11.6 Å². The molecule has 0 fully saturated rings. The van der Waals surface area contributed by atoms with Crippen molar-refractivity contribution >= 4 is 17.3 Å². The van der Waals surface area contributed by atoms with Crippen LogP contribution < -0.4 is 5.73 Å². The predicted octanol–water partition coefficient (Wildman–Crippen LogP) is 3.87. The smallest absolute Gasteiger partial charge is 0.182 e. The van der Waals surface area contributed by atoms with E-state index < -0.39 is 11.6 Å². The van der Waals surface area contributed by atoms with Crippen molar-refractivity contribution in [1.82, 2.24) is 0 Å². The van der Waals surface area contributed by atoms with Gasteiger partial charge in [0.2, 0.25) is 0 Å². The summed E-state index contributed by atoms with van der Waals surface area (Å²) < 4.78 is 26.9. The molecule has 0 aromatic heterocycles. The molecule has 2 N–H and O–H groups in total. The molecule has 0 heterocycles. The molecular weight excluding hydrogens is 232 g/mol. The summed E-state index contributed by atoms with van der Waals surface area (Å²) in [7, 11) is 0. The number of nitrogens with two attached hydrogens (primary N) is 1. The number of benzene rings is 2. The zero-order valence-electron chi connectivity index (χ0n) is 8.18. The molecule has 2 aromatic carbocycles. The van der Waals surface area contributed by atoms with Crippen molar-refractivity contribution in [3.8, 4) is 11.1 Å². The van der Waals surface area contributed by atoms with Crippen LogP contribution in [0.3, 0.4) is 0 Å². The maximum Gasteiger partial charge on any atom is 0.182 e. The quantitative estimate of drug-likeness (QED) is 0.751. The topological polar surface area (TPSA) is 26.0 Å². The number of halogens is 3. The van der Waals surface area contributed by atoms with Gasteiger partial charge < -0.3 is 5.73 Å². The summed E-state index contributed by atoms with van der Waals surface area (Å²) in [6.07, 6.45) is 0. The molecule has 1 nitrogen and oxygen atoms in total. The Hall–Kier alpha value is -1.61. The minimum atomic E-state index is -1.04. The van der Waals surface area contributed by atoms with Crippen LogP contribution in [0.5, 0.6) is 0 Å². The van der Waals surface area contributed by atoms with Gasteiger partial charge in [-0.15, -0.1) is 0 Å². The Bertz CT molecular complexity index is 541. The molecule has 2 rings (SSSR count). The summed E-state index contributed by atoms with van der Waals surface area (Å²) in [4.78, 5) is 0. The Kier molecular flexibility index (Phi) is 2.79. The lowest BCUT2D eigenvalue weighted by Crippen LogP contribution is -1.96. The monoisotopic (exact) mass is 239 g/mol. The summed E-state index contributed by atoms with van der Waals surface area (Å²) in [5, 5.41) is 0.366. The van der Waals surface area contributed by atoms with Crippen LogP contribution in [-0.4, -0.2) is 0 Å². The van der Waals surface area contributed by atoms with Crippen LogP contribution in [0.1, 0.15) is 0 Å². The summed E-state index contributed by atoms with van der Waals surface area (Å²) in [5.41, 5.74) is 5.60. The van der Waals surface area contributed by atoms with E-state index in [1.165, 1.54) is 12.1 Å². The van der Waals surface area contributed by atoms with Gasteiger partial charge in [0.25, 0.3) is 0 Å². The van der Waals surface area contributed by atoms with Crippen molar-refractivity contribution < 1.29 is 8.78 Å². The first-order valence-electron chi connectivity index (χ1n) is 4.59. The van der Waals surface area contributed by atoms with Crippen molar-refractivity contribution in [2.24, 2.45) is 0 Å². The molecular formula is C12H8ClF2N. The van der Waals surface area contributed by atoms with E-state index >= 15 is 0 Å². The fraction of sp³-hybridized carbons (Fsp3) is 0. The summed E-state index contributed by atoms with van der Waals surface area (Å²) in [6, 6.07) is 9.39. The van der Waals surface area contributed by atoms with Crippen LogP contribution in [-0.2, 0) is 0 Å². The highest BCUT2D eigenvalue weighted by Crippen LogP contribution is 2.32. The molecule has 0 amide bonds. The Morgan fingerprint density at radius 2 is 1.56 bits per heavy atom. The third-order valence-corrected chi connectivity index (χ3v) is 2.61. The first-order chi connectivity index (χ1) is 7.61. The summed E-state index contributed by atoms with van der Waals surface area (Å²) >= 11 is 5.90. The number of anilines is 1. The maximum atomic E-state index is 13.6. The van der Waals surface area contributed by atoms with Crippen LogP contribution in [0.2, 0.25) is 5.02 Å². The molecule has 0 saturated heterocycles. The Labute approximate surface area is 96.5 Å². The largest absolute Gasteiger partial charge is 0.396 e.